The maximum Gasteiger partial charge on any atom is 0.226 e. The molecule has 106 valence electrons. The van der Waals surface area contributed by atoms with Gasteiger partial charge in [-0.3, -0.25) is 9.78 Å². The van der Waals surface area contributed by atoms with Crippen molar-refractivity contribution in [1.29, 1.82) is 0 Å². The molecule has 0 aliphatic heterocycles. The molecule has 1 atom stereocenters. The van der Waals surface area contributed by atoms with Gasteiger partial charge in [-0.15, -0.1) is 0 Å². The Morgan fingerprint density at radius 1 is 1.45 bits per heavy atom. The smallest absolute Gasteiger partial charge is 0.226 e. The monoisotopic (exact) mass is 273 g/mol. The number of hydrogen-bond donors (Lipinski definition) is 2. The summed E-state index contributed by atoms with van der Waals surface area (Å²) in [7, 11) is 0. The van der Waals surface area contributed by atoms with Crippen LogP contribution in [0, 0.1) is 0 Å². The summed E-state index contributed by atoms with van der Waals surface area (Å²) >= 11 is 0. The average molecular weight is 273 g/mol. The molecule has 0 aliphatic rings. The van der Waals surface area contributed by atoms with Crippen LogP contribution in [0.5, 0.6) is 0 Å². The quantitative estimate of drug-likeness (QED) is 0.842. The Morgan fingerprint density at radius 2 is 2.30 bits per heavy atom. The van der Waals surface area contributed by atoms with Crippen LogP contribution in [0.15, 0.2) is 41.1 Å². The summed E-state index contributed by atoms with van der Waals surface area (Å²) in [6, 6.07) is 7.41. The van der Waals surface area contributed by atoms with Crippen molar-refractivity contribution in [2.24, 2.45) is 0 Å². The summed E-state index contributed by atoms with van der Waals surface area (Å²) in [6.07, 6.45) is 5.14. The number of carbonyl (C=O) groups excluding carboxylic acids is 1. The first-order valence-electron chi connectivity index (χ1n) is 6.65. The second kappa shape index (κ2) is 6.75. The van der Waals surface area contributed by atoms with Crippen molar-refractivity contribution in [3.63, 3.8) is 0 Å². The highest BCUT2D eigenvalue weighted by Gasteiger charge is 2.09. The molecule has 5 heteroatoms. The van der Waals surface area contributed by atoms with E-state index in [0.717, 1.165) is 24.3 Å². The van der Waals surface area contributed by atoms with Crippen LogP contribution in [0.3, 0.4) is 0 Å². The Kier molecular flexibility index (Phi) is 4.76. The first-order chi connectivity index (χ1) is 9.63. The number of rotatable bonds is 6. The Hall–Kier alpha value is -2.30. The molecular formula is C15H19N3O2. The summed E-state index contributed by atoms with van der Waals surface area (Å²) in [4.78, 5) is 16.0. The number of aromatic nitrogens is 1. The van der Waals surface area contributed by atoms with Gasteiger partial charge in [0, 0.05) is 18.2 Å². The van der Waals surface area contributed by atoms with Gasteiger partial charge in [0.15, 0.2) is 0 Å². The van der Waals surface area contributed by atoms with Gasteiger partial charge in [0.25, 0.3) is 0 Å². The van der Waals surface area contributed by atoms with Crippen molar-refractivity contribution in [2.75, 3.05) is 5.73 Å². The molecule has 0 fully saturated rings. The molecule has 2 aromatic heterocycles. The Morgan fingerprint density at radius 3 is 2.95 bits per heavy atom. The Bertz CT molecular complexity index is 535. The van der Waals surface area contributed by atoms with Crippen LogP contribution in [0.1, 0.15) is 24.8 Å². The fourth-order valence-electron chi connectivity index (χ4n) is 1.92. The molecule has 0 bridgehead atoms. The third-order valence-corrected chi connectivity index (χ3v) is 3.00. The van der Waals surface area contributed by atoms with Crippen LogP contribution in [0.25, 0.3) is 0 Å². The summed E-state index contributed by atoms with van der Waals surface area (Å²) in [5.74, 6) is 0.903. The second-order valence-corrected chi connectivity index (χ2v) is 4.85. The lowest BCUT2D eigenvalue weighted by atomic mass is 10.1. The minimum Gasteiger partial charge on any atom is -0.469 e. The molecule has 2 aromatic rings. The third kappa shape index (κ3) is 4.42. The maximum atomic E-state index is 11.9. The highest BCUT2D eigenvalue weighted by molar-refractivity contribution is 5.78. The van der Waals surface area contributed by atoms with Crippen molar-refractivity contribution in [3.05, 3.63) is 48.2 Å². The van der Waals surface area contributed by atoms with Gasteiger partial charge in [0.1, 0.15) is 5.76 Å². The van der Waals surface area contributed by atoms with E-state index in [0.29, 0.717) is 5.69 Å². The number of hydrogen-bond acceptors (Lipinski definition) is 4. The summed E-state index contributed by atoms with van der Waals surface area (Å²) in [6.45, 7) is 1.98. The standard InChI is InChI=1S/C15H19N3O2/c1-11(4-7-14-3-2-8-20-14)18-15(19)9-13-6-5-12(16)10-17-13/h2-3,5-6,8,10-11H,4,7,9,16H2,1H3,(H,18,19). The van der Waals surface area contributed by atoms with Crippen molar-refractivity contribution < 1.29 is 9.21 Å². The normalized spacial score (nSPS) is 12.1. The molecule has 0 aromatic carbocycles. The van der Waals surface area contributed by atoms with Crippen LogP contribution < -0.4 is 11.1 Å². The summed E-state index contributed by atoms with van der Waals surface area (Å²) < 4.78 is 5.26. The minimum atomic E-state index is -0.0331. The van der Waals surface area contributed by atoms with Gasteiger partial charge in [-0.2, -0.15) is 0 Å². The van der Waals surface area contributed by atoms with Gasteiger partial charge in [-0.05, 0) is 37.6 Å². The van der Waals surface area contributed by atoms with Crippen molar-refractivity contribution in [1.82, 2.24) is 10.3 Å². The second-order valence-electron chi connectivity index (χ2n) is 4.85. The fraction of sp³-hybridized carbons (Fsp3) is 0.333. The predicted octanol–water partition coefficient (Wildman–Crippen LogP) is 1.94. The lowest BCUT2D eigenvalue weighted by molar-refractivity contribution is -0.121. The van der Waals surface area contributed by atoms with E-state index in [1.807, 2.05) is 19.1 Å². The van der Waals surface area contributed by atoms with E-state index in [1.54, 1.807) is 24.6 Å². The largest absolute Gasteiger partial charge is 0.469 e. The third-order valence-electron chi connectivity index (χ3n) is 3.00. The van der Waals surface area contributed by atoms with E-state index in [4.69, 9.17) is 10.2 Å². The van der Waals surface area contributed by atoms with Gasteiger partial charge < -0.3 is 15.5 Å². The van der Waals surface area contributed by atoms with E-state index in [2.05, 4.69) is 10.3 Å². The summed E-state index contributed by atoms with van der Waals surface area (Å²) in [5, 5.41) is 2.95. The zero-order valence-electron chi connectivity index (χ0n) is 11.5. The molecule has 1 amide bonds. The highest BCUT2D eigenvalue weighted by Crippen LogP contribution is 2.06. The number of amides is 1. The molecule has 0 spiro atoms. The first-order valence-corrected chi connectivity index (χ1v) is 6.65. The molecule has 5 nitrogen and oxygen atoms in total. The van der Waals surface area contributed by atoms with Gasteiger partial charge in [-0.1, -0.05) is 0 Å². The van der Waals surface area contributed by atoms with E-state index in [9.17, 15) is 4.79 Å². The molecule has 1 unspecified atom stereocenters. The number of aryl methyl sites for hydroxylation is 1. The van der Waals surface area contributed by atoms with Gasteiger partial charge >= 0.3 is 0 Å². The molecule has 0 saturated carbocycles. The Labute approximate surface area is 118 Å². The summed E-state index contributed by atoms with van der Waals surface area (Å²) in [5.41, 5.74) is 6.87. The van der Waals surface area contributed by atoms with Crippen molar-refractivity contribution >= 4 is 11.6 Å². The SMILES string of the molecule is CC(CCc1ccco1)NC(=O)Cc1ccc(N)cn1. The number of nitrogens with zero attached hydrogens (tertiary/aromatic N) is 1. The lowest BCUT2D eigenvalue weighted by Gasteiger charge is -2.13. The van der Waals surface area contributed by atoms with Gasteiger partial charge in [0.05, 0.1) is 24.6 Å². The number of nitrogens with two attached hydrogens (primary N) is 1. The molecule has 0 radical (unpaired) electrons. The van der Waals surface area contributed by atoms with E-state index < -0.39 is 0 Å². The predicted molar refractivity (Wildman–Crippen MR) is 77.0 cm³/mol. The maximum absolute atomic E-state index is 11.9. The lowest BCUT2D eigenvalue weighted by Crippen LogP contribution is -2.34. The molecule has 0 saturated heterocycles. The number of furan rings is 1. The first kappa shape index (κ1) is 14.1. The van der Waals surface area contributed by atoms with Crippen LogP contribution in [0.4, 0.5) is 5.69 Å². The zero-order chi connectivity index (χ0) is 14.4. The molecule has 20 heavy (non-hydrogen) atoms. The molecule has 2 rings (SSSR count). The van der Waals surface area contributed by atoms with Crippen molar-refractivity contribution in [3.8, 4) is 0 Å². The topological polar surface area (TPSA) is 81.2 Å². The molecule has 3 N–H and O–H groups in total. The number of carbonyl (C=O) groups is 1. The van der Waals surface area contributed by atoms with Crippen LogP contribution >= 0.6 is 0 Å². The number of nitrogens with one attached hydrogen (secondary N) is 1. The van der Waals surface area contributed by atoms with E-state index >= 15 is 0 Å². The minimum absolute atomic E-state index is 0.0331. The zero-order valence-corrected chi connectivity index (χ0v) is 11.5. The van der Waals surface area contributed by atoms with Gasteiger partial charge in [-0.25, -0.2) is 0 Å². The van der Waals surface area contributed by atoms with E-state index in [-0.39, 0.29) is 18.4 Å². The van der Waals surface area contributed by atoms with Gasteiger partial charge in [0.2, 0.25) is 5.91 Å². The van der Waals surface area contributed by atoms with Crippen LogP contribution in [-0.2, 0) is 17.6 Å². The Balaban J connectivity index is 1.74. The molecule has 2 heterocycles. The van der Waals surface area contributed by atoms with E-state index in [1.165, 1.54) is 0 Å². The molecular weight excluding hydrogens is 254 g/mol. The van der Waals surface area contributed by atoms with Crippen LogP contribution in [-0.4, -0.2) is 16.9 Å². The number of pyridine rings is 1. The average Bonchev–Trinajstić information content (AvgIpc) is 2.92. The molecule has 0 aliphatic carbocycles. The van der Waals surface area contributed by atoms with Crippen molar-refractivity contribution in [2.45, 2.75) is 32.2 Å². The fourth-order valence-corrected chi connectivity index (χ4v) is 1.92. The van der Waals surface area contributed by atoms with Crippen LogP contribution in [0.2, 0.25) is 0 Å². The number of nitrogen functional groups attached to an aromatic ring is 1. The number of anilines is 1. The highest BCUT2D eigenvalue weighted by atomic mass is 16.3.